The molecule has 24 heavy (non-hydrogen) atoms. The Kier molecular flexibility index (Phi) is 4.06. The van der Waals surface area contributed by atoms with Gasteiger partial charge in [-0.25, -0.2) is 4.98 Å². The molecule has 1 saturated heterocycles. The Morgan fingerprint density at radius 2 is 1.88 bits per heavy atom. The molecule has 1 aromatic rings. The van der Waals surface area contributed by atoms with Crippen molar-refractivity contribution in [3.63, 3.8) is 0 Å². The van der Waals surface area contributed by atoms with E-state index in [1.54, 1.807) is 0 Å². The number of imidazole rings is 1. The number of nitrogens with zero attached hydrogens (tertiary/aromatic N) is 4. The highest BCUT2D eigenvalue weighted by molar-refractivity contribution is 5.80. The van der Waals surface area contributed by atoms with E-state index in [-0.39, 0.29) is 23.8 Å². The number of hydrogen-bond acceptors (Lipinski definition) is 3. The van der Waals surface area contributed by atoms with Crippen molar-refractivity contribution in [2.45, 2.75) is 58.0 Å². The predicted molar refractivity (Wildman–Crippen MR) is 89.2 cm³/mol. The molecule has 130 valence electrons. The van der Waals surface area contributed by atoms with Crippen molar-refractivity contribution in [3.05, 3.63) is 17.7 Å². The lowest BCUT2D eigenvalue weighted by atomic mass is 9.84. The second kappa shape index (κ2) is 6.22. The SMILES string of the molecule is CC1c2nc(CC(=O)N3CCCC3)cn2CCN1C(=O)C1CCC1. The van der Waals surface area contributed by atoms with Gasteiger partial charge in [-0.1, -0.05) is 6.42 Å². The molecule has 1 saturated carbocycles. The third-order valence-corrected chi connectivity index (χ3v) is 5.81. The largest absolute Gasteiger partial charge is 0.342 e. The highest BCUT2D eigenvalue weighted by Gasteiger charge is 2.35. The van der Waals surface area contributed by atoms with E-state index in [1.807, 2.05) is 16.0 Å². The number of rotatable bonds is 3. The van der Waals surface area contributed by atoms with E-state index in [1.165, 1.54) is 6.42 Å². The van der Waals surface area contributed by atoms with Gasteiger partial charge in [0.05, 0.1) is 18.2 Å². The van der Waals surface area contributed by atoms with Crippen LogP contribution in [-0.2, 0) is 22.6 Å². The first-order valence-corrected chi connectivity index (χ1v) is 9.27. The van der Waals surface area contributed by atoms with Crippen LogP contribution in [0.2, 0.25) is 0 Å². The fourth-order valence-corrected chi connectivity index (χ4v) is 4.06. The first-order valence-electron chi connectivity index (χ1n) is 9.27. The van der Waals surface area contributed by atoms with Gasteiger partial charge < -0.3 is 14.4 Å². The van der Waals surface area contributed by atoms with Crippen LogP contribution in [-0.4, -0.2) is 50.8 Å². The second-order valence-corrected chi connectivity index (χ2v) is 7.38. The highest BCUT2D eigenvalue weighted by Crippen LogP contribution is 2.33. The summed E-state index contributed by atoms with van der Waals surface area (Å²) in [6.45, 7) is 5.35. The molecule has 1 aromatic heterocycles. The van der Waals surface area contributed by atoms with Gasteiger partial charge in [0.1, 0.15) is 5.82 Å². The second-order valence-electron chi connectivity index (χ2n) is 7.38. The van der Waals surface area contributed by atoms with E-state index < -0.39 is 0 Å². The molecule has 0 bridgehead atoms. The van der Waals surface area contributed by atoms with E-state index in [0.29, 0.717) is 6.42 Å². The molecule has 3 heterocycles. The molecule has 1 aliphatic carbocycles. The first kappa shape index (κ1) is 15.7. The number of aromatic nitrogens is 2. The summed E-state index contributed by atoms with van der Waals surface area (Å²) in [5, 5.41) is 0. The van der Waals surface area contributed by atoms with E-state index in [2.05, 4.69) is 11.5 Å². The summed E-state index contributed by atoms with van der Waals surface area (Å²) in [6.07, 6.45) is 7.85. The Morgan fingerprint density at radius 3 is 2.54 bits per heavy atom. The van der Waals surface area contributed by atoms with Crippen molar-refractivity contribution in [2.24, 2.45) is 5.92 Å². The average molecular weight is 330 g/mol. The first-order chi connectivity index (χ1) is 11.6. The van der Waals surface area contributed by atoms with E-state index in [4.69, 9.17) is 4.98 Å². The van der Waals surface area contributed by atoms with E-state index >= 15 is 0 Å². The van der Waals surface area contributed by atoms with Gasteiger partial charge in [0.15, 0.2) is 0 Å². The summed E-state index contributed by atoms with van der Waals surface area (Å²) in [7, 11) is 0. The molecule has 2 fully saturated rings. The number of fused-ring (bicyclic) bond motifs is 1. The molecule has 1 atom stereocenters. The van der Waals surface area contributed by atoms with Crippen LogP contribution in [0.15, 0.2) is 6.20 Å². The fourth-order valence-electron chi connectivity index (χ4n) is 4.06. The number of carbonyl (C=O) groups excluding carboxylic acids is 2. The molecule has 0 spiro atoms. The molecule has 1 unspecified atom stereocenters. The van der Waals surface area contributed by atoms with Crippen molar-refractivity contribution < 1.29 is 9.59 Å². The van der Waals surface area contributed by atoms with E-state index in [9.17, 15) is 9.59 Å². The van der Waals surface area contributed by atoms with Gasteiger partial charge in [0, 0.05) is 38.3 Å². The highest BCUT2D eigenvalue weighted by atomic mass is 16.2. The van der Waals surface area contributed by atoms with Crippen molar-refractivity contribution in [2.75, 3.05) is 19.6 Å². The molecule has 4 rings (SSSR count). The smallest absolute Gasteiger partial charge is 0.228 e. The number of carbonyl (C=O) groups is 2. The van der Waals surface area contributed by atoms with Crippen LogP contribution < -0.4 is 0 Å². The van der Waals surface area contributed by atoms with Crippen LogP contribution in [0.1, 0.15) is 56.6 Å². The van der Waals surface area contributed by atoms with Crippen molar-refractivity contribution >= 4 is 11.8 Å². The number of likely N-dealkylation sites (tertiary alicyclic amines) is 1. The summed E-state index contributed by atoms with van der Waals surface area (Å²) < 4.78 is 2.13. The molecule has 6 heteroatoms. The standard InChI is InChI=1S/C18H26N4O2/c1-13-17-19-15(11-16(23)20-7-2-3-8-20)12-21(17)9-10-22(13)18(24)14-5-4-6-14/h12-14H,2-11H2,1H3. The van der Waals surface area contributed by atoms with Gasteiger partial charge in [-0.3, -0.25) is 9.59 Å². The molecule has 2 amide bonds. The lowest BCUT2D eigenvalue weighted by Crippen LogP contribution is -2.45. The Hall–Kier alpha value is -1.85. The molecule has 6 nitrogen and oxygen atoms in total. The van der Waals surface area contributed by atoms with E-state index in [0.717, 1.165) is 63.4 Å². The van der Waals surface area contributed by atoms with Crippen molar-refractivity contribution in [3.8, 4) is 0 Å². The van der Waals surface area contributed by atoms with Crippen LogP contribution in [0.4, 0.5) is 0 Å². The monoisotopic (exact) mass is 330 g/mol. The summed E-state index contributed by atoms with van der Waals surface area (Å²) >= 11 is 0. The normalized spacial score (nSPS) is 24.0. The minimum Gasteiger partial charge on any atom is -0.342 e. The third-order valence-electron chi connectivity index (χ3n) is 5.81. The van der Waals surface area contributed by atoms with Crippen LogP contribution in [0.5, 0.6) is 0 Å². The summed E-state index contributed by atoms with van der Waals surface area (Å²) in [5.41, 5.74) is 0.840. The van der Waals surface area contributed by atoms with Crippen molar-refractivity contribution in [1.29, 1.82) is 0 Å². The lowest BCUT2D eigenvalue weighted by molar-refractivity contribution is -0.141. The van der Waals surface area contributed by atoms with Crippen LogP contribution in [0.3, 0.4) is 0 Å². The van der Waals surface area contributed by atoms with Crippen LogP contribution in [0, 0.1) is 5.92 Å². The molecule has 0 radical (unpaired) electrons. The third kappa shape index (κ3) is 2.72. The number of hydrogen-bond donors (Lipinski definition) is 0. The molecule has 2 aliphatic heterocycles. The minimum absolute atomic E-state index is 0.00230. The molecule has 3 aliphatic rings. The molecule has 0 aromatic carbocycles. The quantitative estimate of drug-likeness (QED) is 0.848. The van der Waals surface area contributed by atoms with Crippen molar-refractivity contribution in [1.82, 2.24) is 19.4 Å². The average Bonchev–Trinajstić information content (AvgIpc) is 3.14. The lowest BCUT2D eigenvalue weighted by Gasteiger charge is -2.38. The van der Waals surface area contributed by atoms with Crippen LogP contribution >= 0.6 is 0 Å². The van der Waals surface area contributed by atoms with Gasteiger partial charge in [0.2, 0.25) is 11.8 Å². The predicted octanol–water partition coefficient (Wildman–Crippen LogP) is 1.75. The zero-order chi connectivity index (χ0) is 16.7. The zero-order valence-corrected chi connectivity index (χ0v) is 14.4. The fraction of sp³-hybridized carbons (Fsp3) is 0.722. The summed E-state index contributed by atoms with van der Waals surface area (Å²) in [4.78, 5) is 33.5. The number of amides is 2. The van der Waals surface area contributed by atoms with Gasteiger partial charge in [-0.05, 0) is 32.6 Å². The maximum Gasteiger partial charge on any atom is 0.228 e. The van der Waals surface area contributed by atoms with Gasteiger partial charge in [-0.2, -0.15) is 0 Å². The Balaban J connectivity index is 1.46. The topological polar surface area (TPSA) is 58.4 Å². The Labute approximate surface area is 142 Å². The van der Waals surface area contributed by atoms with Gasteiger partial charge in [0.25, 0.3) is 0 Å². The zero-order valence-electron chi connectivity index (χ0n) is 14.4. The summed E-state index contributed by atoms with van der Waals surface area (Å²) in [5.74, 6) is 1.62. The molecular weight excluding hydrogens is 304 g/mol. The van der Waals surface area contributed by atoms with Gasteiger partial charge in [-0.15, -0.1) is 0 Å². The Morgan fingerprint density at radius 1 is 1.12 bits per heavy atom. The minimum atomic E-state index is 0.00230. The van der Waals surface area contributed by atoms with Crippen LogP contribution in [0.25, 0.3) is 0 Å². The summed E-state index contributed by atoms with van der Waals surface area (Å²) in [6, 6.07) is 0.00230. The molecule has 0 N–H and O–H groups in total. The van der Waals surface area contributed by atoms with Gasteiger partial charge >= 0.3 is 0 Å². The maximum atomic E-state index is 12.6. The maximum absolute atomic E-state index is 12.6. The Bertz CT molecular complexity index is 643. The molecular formula is C18H26N4O2.